The van der Waals surface area contributed by atoms with Crippen LogP contribution in [0, 0.1) is 11.8 Å². The predicted octanol–water partition coefficient (Wildman–Crippen LogP) is 0.126. The molecule has 0 unspecified atom stereocenters. The maximum absolute atomic E-state index is 11.4. The number of ether oxygens (including phenoxy) is 3. The van der Waals surface area contributed by atoms with Crippen molar-refractivity contribution >= 4 is 12.3 Å². The first-order chi connectivity index (χ1) is 7.27. The Labute approximate surface area is 87.7 Å². The molecule has 0 aromatic heterocycles. The van der Waals surface area contributed by atoms with E-state index in [1.807, 2.05) is 0 Å². The fraction of sp³-hybridized carbons (Fsp3) is 0.800. The van der Waals surface area contributed by atoms with Crippen LogP contribution in [0.15, 0.2) is 0 Å². The fourth-order valence-electron chi connectivity index (χ4n) is 2.47. The van der Waals surface area contributed by atoms with E-state index in [9.17, 15) is 9.59 Å². The van der Waals surface area contributed by atoms with Crippen LogP contribution in [0.3, 0.4) is 0 Å². The summed E-state index contributed by atoms with van der Waals surface area (Å²) < 4.78 is 15.2. The van der Waals surface area contributed by atoms with Crippen molar-refractivity contribution in [1.29, 1.82) is 0 Å². The molecule has 0 bridgehead atoms. The third kappa shape index (κ3) is 1.77. The first-order valence-corrected chi connectivity index (χ1v) is 5.04. The molecule has 84 valence electrons. The van der Waals surface area contributed by atoms with Crippen molar-refractivity contribution < 1.29 is 23.8 Å². The summed E-state index contributed by atoms with van der Waals surface area (Å²) >= 11 is 0. The van der Waals surface area contributed by atoms with E-state index in [2.05, 4.69) is 0 Å². The summed E-state index contributed by atoms with van der Waals surface area (Å²) in [7, 11) is 1.54. The topological polar surface area (TPSA) is 61.8 Å². The minimum atomic E-state index is -0.633. The molecule has 0 spiro atoms. The van der Waals surface area contributed by atoms with E-state index >= 15 is 0 Å². The lowest BCUT2D eigenvalue weighted by molar-refractivity contribution is -0.148. The molecule has 0 aromatic carbocycles. The Bertz CT molecular complexity index is 265. The molecule has 2 rings (SSSR count). The van der Waals surface area contributed by atoms with Crippen molar-refractivity contribution in [2.24, 2.45) is 11.8 Å². The number of hydrogen-bond acceptors (Lipinski definition) is 5. The molecule has 0 aromatic rings. The van der Waals surface area contributed by atoms with Gasteiger partial charge in [-0.1, -0.05) is 0 Å². The number of aldehydes is 1. The molecule has 5 nitrogen and oxygen atoms in total. The van der Waals surface area contributed by atoms with Crippen LogP contribution in [0.25, 0.3) is 0 Å². The van der Waals surface area contributed by atoms with Crippen molar-refractivity contribution in [2.45, 2.75) is 25.0 Å². The summed E-state index contributed by atoms with van der Waals surface area (Å²) in [4.78, 5) is 22.1. The average molecular weight is 214 g/mol. The van der Waals surface area contributed by atoms with Crippen LogP contribution in [0.5, 0.6) is 0 Å². The lowest BCUT2D eigenvalue weighted by atomic mass is 9.93. The molecular weight excluding hydrogens is 200 g/mol. The Morgan fingerprint density at radius 3 is 3.00 bits per heavy atom. The molecule has 5 heteroatoms. The third-order valence-electron chi connectivity index (χ3n) is 3.12. The van der Waals surface area contributed by atoms with Gasteiger partial charge in [-0.25, -0.2) is 0 Å². The fourth-order valence-corrected chi connectivity index (χ4v) is 2.47. The SMILES string of the molecule is COCO[C@@H]1CC[C@@H]2C(=O)O[C@H](C=O)[C@@H]21. The van der Waals surface area contributed by atoms with Gasteiger partial charge in [0.05, 0.1) is 12.0 Å². The predicted molar refractivity (Wildman–Crippen MR) is 48.9 cm³/mol. The Morgan fingerprint density at radius 2 is 2.33 bits per heavy atom. The van der Waals surface area contributed by atoms with Crippen LogP contribution in [0.2, 0.25) is 0 Å². The quantitative estimate of drug-likeness (QED) is 0.378. The van der Waals surface area contributed by atoms with Crippen molar-refractivity contribution in [1.82, 2.24) is 0 Å². The molecule has 0 radical (unpaired) electrons. The Kier molecular flexibility index (Phi) is 3.02. The third-order valence-corrected chi connectivity index (χ3v) is 3.12. The van der Waals surface area contributed by atoms with Gasteiger partial charge in [-0.15, -0.1) is 0 Å². The summed E-state index contributed by atoms with van der Waals surface area (Å²) in [6, 6.07) is 0. The summed E-state index contributed by atoms with van der Waals surface area (Å²) in [6.45, 7) is 0.188. The van der Waals surface area contributed by atoms with E-state index in [4.69, 9.17) is 14.2 Å². The molecule has 0 N–H and O–H groups in total. The standard InChI is InChI=1S/C10H14O5/c1-13-5-14-7-3-2-6-9(7)8(4-11)15-10(6)12/h4,6-9H,2-3,5H2,1H3/t6-,7+,8+,9-/m0/s1. The van der Waals surface area contributed by atoms with E-state index < -0.39 is 6.10 Å². The summed E-state index contributed by atoms with van der Waals surface area (Å²) in [5.74, 6) is -0.548. The normalized spacial score (nSPS) is 38.9. The second-order valence-electron chi connectivity index (χ2n) is 3.91. The molecule has 1 heterocycles. The van der Waals surface area contributed by atoms with Crippen molar-refractivity contribution in [2.75, 3.05) is 13.9 Å². The zero-order chi connectivity index (χ0) is 10.8. The molecule has 0 amide bonds. The second-order valence-corrected chi connectivity index (χ2v) is 3.91. The van der Waals surface area contributed by atoms with Gasteiger partial charge in [-0.3, -0.25) is 9.59 Å². The number of carbonyl (C=O) groups is 2. The van der Waals surface area contributed by atoms with E-state index in [-0.39, 0.29) is 30.7 Å². The number of methoxy groups -OCH3 is 1. The van der Waals surface area contributed by atoms with E-state index in [0.717, 1.165) is 12.8 Å². The molecular formula is C10H14O5. The molecule has 15 heavy (non-hydrogen) atoms. The van der Waals surface area contributed by atoms with Gasteiger partial charge in [-0.05, 0) is 12.8 Å². The lowest BCUT2D eigenvalue weighted by Gasteiger charge is -2.19. The smallest absolute Gasteiger partial charge is 0.310 e. The number of fused-ring (bicyclic) bond motifs is 1. The van der Waals surface area contributed by atoms with Crippen LogP contribution in [-0.2, 0) is 23.8 Å². The van der Waals surface area contributed by atoms with Crippen LogP contribution in [0.1, 0.15) is 12.8 Å². The number of cyclic esters (lactones) is 1. The van der Waals surface area contributed by atoms with Gasteiger partial charge < -0.3 is 14.2 Å². The Hall–Kier alpha value is -0.940. The van der Waals surface area contributed by atoms with E-state index in [1.54, 1.807) is 7.11 Å². The highest BCUT2D eigenvalue weighted by Gasteiger charge is 2.52. The van der Waals surface area contributed by atoms with Crippen LogP contribution >= 0.6 is 0 Å². The van der Waals surface area contributed by atoms with Gasteiger partial charge in [0.25, 0.3) is 0 Å². The molecule has 2 aliphatic rings. The van der Waals surface area contributed by atoms with Crippen LogP contribution < -0.4 is 0 Å². The molecule has 1 aliphatic carbocycles. The minimum absolute atomic E-state index is 0.100. The lowest BCUT2D eigenvalue weighted by Crippen LogP contribution is -2.30. The van der Waals surface area contributed by atoms with Gasteiger partial charge in [0, 0.05) is 13.0 Å². The van der Waals surface area contributed by atoms with Gasteiger partial charge in [0.2, 0.25) is 0 Å². The first kappa shape index (κ1) is 10.6. The maximum Gasteiger partial charge on any atom is 0.310 e. The highest BCUT2D eigenvalue weighted by molar-refractivity contribution is 5.80. The first-order valence-electron chi connectivity index (χ1n) is 5.04. The van der Waals surface area contributed by atoms with Gasteiger partial charge in [0.1, 0.15) is 6.79 Å². The number of carbonyl (C=O) groups excluding carboxylic acids is 2. The summed E-state index contributed by atoms with van der Waals surface area (Å²) in [5, 5.41) is 0. The van der Waals surface area contributed by atoms with E-state index in [0.29, 0.717) is 6.29 Å². The monoisotopic (exact) mass is 214 g/mol. The van der Waals surface area contributed by atoms with Crippen LogP contribution in [-0.4, -0.2) is 38.4 Å². The molecule has 1 saturated carbocycles. The molecule has 2 fully saturated rings. The number of esters is 1. The van der Waals surface area contributed by atoms with E-state index in [1.165, 1.54) is 0 Å². The zero-order valence-electron chi connectivity index (χ0n) is 8.55. The average Bonchev–Trinajstić information content (AvgIpc) is 2.78. The van der Waals surface area contributed by atoms with Gasteiger partial charge >= 0.3 is 5.97 Å². The Morgan fingerprint density at radius 1 is 1.53 bits per heavy atom. The summed E-state index contributed by atoms with van der Waals surface area (Å²) in [6.07, 6.45) is 1.49. The highest BCUT2D eigenvalue weighted by Crippen LogP contribution is 2.42. The van der Waals surface area contributed by atoms with Gasteiger partial charge in [0.15, 0.2) is 12.4 Å². The molecule has 1 saturated heterocycles. The molecule has 4 atom stereocenters. The zero-order valence-corrected chi connectivity index (χ0v) is 8.55. The van der Waals surface area contributed by atoms with Crippen molar-refractivity contribution in [3.05, 3.63) is 0 Å². The Balaban J connectivity index is 2.04. The maximum atomic E-state index is 11.4. The highest BCUT2D eigenvalue weighted by atomic mass is 16.7. The summed E-state index contributed by atoms with van der Waals surface area (Å²) in [5.41, 5.74) is 0. The molecule has 1 aliphatic heterocycles. The van der Waals surface area contributed by atoms with Crippen molar-refractivity contribution in [3.8, 4) is 0 Å². The minimum Gasteiger partial charge on any atom is -0.454 e. The van der Waals surface area contributed by atoms with Crippen molar-refractivity contribution in [3.63, 3.8) is 0 Å². The van der Waals surface area contributed by atoms with Crippen LogP contribution in [0.4, 0.5) is 0 Å². The number of rotatable bonds is 4. The van der Waals surface area contributed by atoms with Gasteiger partial charge in [-0.2, -0.15) is 0 Å². The number of hydrogen-bond donors (Lipinski definition) is 0. The second kappa shape index (κ2) is 4.28. The largest absolute Gasteiger partial charge is 0.454 e.